The summed E-state index contributed by atoms with van der Waals surface area (Å²) in [5.41, 5.74) is 0.363. The van der Waals surface area contributed by atoms with Crippen molar-refractivity contribution in [1.29, 1.82) is 0 Å². The molecule has 0 heterocycles. The Balaban J connectivity index is 1.47. The Kier molecular flexibility index (Phi) is 10.9. The number of halogens is 5. The predicted molar refractivity (Wildman–Crippen MR) is 172 cm³/mol. The van der Waals surface area contributed by atoms with Crippen LogP contribution in [0.4, 0.5) is 24.5 Å². The van der Waals surface area contributed by atoms with E-state index in [1.165, 1.54) is 0 Å². The number of nitrogens with one attached hydrogen (secondary N) is 3. The zero-order valence-electron chi connectivity index (χ0n) is 22.9. The first kappa shape index (κ1) is 32.8. The normalized spacial score (nSPS) is 12.3. The largest absolute Gasteiger partial charge is 0.416 e. The van der Waals surface area contributed by atoms with Crippen LogP contribution in [0.25, 0.3) is 6.08 Å². The van der Waals surface area contributed by atoms with Gasteiger partial charge in [-0.2, -0.15) is 13.2 Å². The van der Waals surface area contributed by atoms with Gasteiger partial charge in [-0.3, -0.25) is 14.4 Å². The Labute approximate surface area is 269 Å². The van der Waals surface area contributed by atoms with Crippen LogP contribution in [0.1, 0.15) is 28.4 Å². The molecule has 4 aromatic rings. The summed E-state index contributed by atoms with van der Waals surface area (Å²) in [6.45, 7) is 1.59. The van der Waals surface area contributed by atoms with Gasteiger partial charge in [-0.25, -0.2) is 0 Å². The molecule has 0 aliphatic rings. The molecule has 3 N–H and O–H groups in total. The quantitative estimate of drug-likeness (QED) is 0.120. The monoisotopic (exact) mass is 701 g/mol. The number of anilines is 2. The highest BCUT2D eigenvalue weighted by atomic mass is 79.9. The van der Waals surface area contributed by atoms with Gasteiger partial charge in [0.2, 0.25) is 5.91 Å². The first-order valence-electron chi connectivity index (χ1n) is 13.0. The van der Waals surface area contributed by atoms with Crippen LogP contribution in [0.2, 0.25) is 5.02 Å². The molecule has 1 atom stereocenters. The van der Waals surface area contributed by atoms with Crippen LogP contribution in [-0.4, -0.2) is 23.0 Å². The van der Waals surface area contributed by atoms with Crippen molar-refractivity contribution in [1.82, 2.24) is 5.32 Å². The van der Waals surface area contributed by atoms with Gasteiger partial charge >= 0.3 is 6.18 Å². The number of thioether (sulfide) groups is 1. The lowest BCUT2D eigenvalue weighted by atomic mass is 10.1. The molecule has 0 aliphatic carbocycles. The summed E-state index contributed by atoms with van der Waals surface area (Å²) in [6.07, 6.45) is -3.04. The van der Waals surface area contributed by atoms with Crippen molar-refractivity contribution in [3.05, 3.63) is 129 Å². The molecule has 0 aromatic heterocycles. The fourth-order valence-corrected chi connectivity index (χ4v) is 5.16. The highest BCUT2D eigenvalue weighted by molar-refractivity contribution is 9.10. The van der Waals surface area contributed by atoms with Crippen LogP contribution in [0.15, 0.2) is 112 Å². The summed E-state index contributed by atoms with van der Waals surface area (Å²) in [7, 11) is 0. The lowest BCUT2D eigenvalue weighted by Gasteiger charge is -2.15. The lowest BCUT2D eigenvalue weighted by molar-refractivity contribution is -0.137. The lowest BCUT2D eigenvalue weighted by Crippen LogP contribution is -2.30. The molecular weight excluding hydrogens is 679 g/mol. The molecule has 0 radical (unpaired) electrons. The first-order valence-corrected chi connectivity index (χ1v) is 15.0. The molecule has 6 nitrogen and oxygen atoms in total. The van der Waals surface area contributed by atoms with Gasteiger partial charge in [-0.15, -0.1) is 11.8 Å². The van der Waals surface area contributed by atoms with Crippen LogP contribution in [0, 0.1) is 0 Å². The maximum absolute atomic E-state index is 13.4. The van der Waals surface area contributed by atoms with E-state index in [4.69, 9.17) is 11.6 Å². The molecule has 4 rings (SSSR count). The molecule has 12 heteroatoms. The molecule has 0 fully saturated rings. The second-order valence-electron chi connectivity index (χ2n) is 9.35. The van der Waals surface area contributed by atoms with Crippen LogP contribution in [0.5, 0.6) is 0 Å². The topological polar surface area (TPSA) is 87.3 Å². The SMILES string of the molecule is CC(Sc1cccc(NC(=O)/C(=C/c2ccc(Br)cc2)NC(=O)c2ccccc2)c1)C(=O)Nc1cc(C(F)(F)F)ccc1Cl. The Morgan fingerprint density at radius 3 is 2.27 bits per heavy atom. The molecule has 44 heavy (non-hydrogen) atoms. The highest BCUT2D eigenvalue weighted by Crippen LogP contribution is 2.34. The van der Waals surface area contributed by atoms with Crippen molar-refractivity contribution >= 4 is 74.5 Å². The second kappa shape index (κ2) is 14.6. The Bertz CT molecular complexity index is 1700. The third-order valence-corrected chi connectivity index (χ3v) is 7.99. The number of carbonyl (C=O) groups excluding carboxylic acids is 3. The molecule has 3 amide bonds. The molecule has 4 aromatic carbocycles. The second-order valence-corrected chi connectivity index (χ2v) is 12.1. The van der Waals surface area contributed by atoms with E-state index in [1.807, 2.05) is 0 Å². The molecule has 0 saturated heterocycles. The summed E-state index contributed by atoms with van der Waals surface area (Å²) < 4.78 is 40.2. The van der Waals surface area contributed by atoms with Crippen molar-refractivity contribution in [2.24, 2.45) is 0 Å². The maximum atomic E-state index is 13.4. The molecule has 0 spiro atoms. The summed E-state index contributed by atoms with van der Waals surface area (Å²) in [5.74, 6) is -1.60. The fourth-order valence-electron chi connectivity index (χ4n) is 3.80. The van der Waals surface area contributed by atoms with Crippen molar-refractivity contribution in [2.75, 3.05) is 10.6 Å². The van der Waals surface area contributed by atoms with E-state index in [1.54, 1.807) is 91.9 Å². The minimum absolute atomic E-state index is 0.00458. The van der Waals surface area contributed by atoms with Crippen molar-refractivity contribution in [3.8, 4) is 0 Å². The summed E-state index contributed by atoms with van der Waals surface area (Å²) in [5, 5.41) is 7.14. The summed E-state index contributed by atoms with van der Waals surface area (Å²) in [4.78, 5) is 39.6. The molecule has 0 bridgehead atoms. The van der Waals surface area contributed by atoms with Crippen LogP contribution in [-0.2, 0) is 15.8 Å². The number of benzene rings is 4. The van der Waals surface area contributed by atoms with Gasteiger partial charge in [0.25, 0.3) is 11.8 Å². The molecule has 226 valence electrons. The number of hydrogen-bond donors (Lipinski definition) is 3. The first-order chi connectivity index (χ1) is 20.9. The molecule has 1 unspecified atom stereocenters. The fraction of sp³-hybridized carbons (Fsp3) is 0.0938. The van der Waals surface area contributed by atoms with E-state index in [9.17, 15) is 27.6 Å². The average Bonchev–Trinajstić information content (AvgIpc) is 2.99. The molecule has 0 saturated carbocycles. The van der Waals surface area contributed by atoms with Gasteiger partial charge in [-0.1, -0.05) is 63.9 Å². The van der Waals surface area contributed by atoms with Crippen LogP contribution >= 0.6 is 39.3 Å². The maximum Gasteiger partial charge on any atom is 0.416 e. The zero-order valence-corrected chi connectivity index (χ0v) is 26.1. The Morgan fingerprint density at radius 1 is 0.886 bits per heavy atom. The van der Waals surface area contributed by atoms with Crippen molar-refractivity contribution < 1.29 is 27.6 Å². The predicted octanol–water partition coefficient (Wildman–Crippen LogP) is 8.65. The highest BCUT2D eigenvalue weighted by Gasteiger charge is 2.31. The van der Waals surface area contributed by atoms with Gasteiger partial charge in [0.05, 0.1) is 21.5 Å². The molecule has 0 aliphatic heterocycles. The number of alkyl halides is 3. The average molecular weight is 703 g/mol. The Morgan fingerprint density at radius 2 is 1.59 bits per heavy atom. The van der Waals surface area contributed by atoms with E-state index in [-0.39, 0.29) is 16.4 Å². The van der Waals surface area contributed by atoms with Gasteiger partial charge in [0.15, 0.2) is 0 Å². The van der Waals surface area contributed by atoms with Gasteiger partial charge in [0, 0.05) is 20.6 Å². The summed E-state index contributed by atoms with van der Waals surface area (Å²) in [6, 6.07) is 25.0. The van der Waals surface area contributed by atoms with Crippen LogP contribution < -0.4 is 16.0 Å². The minimum Gasteiger partial charge on any atom is -0.324 e. The van der Waals surface area contributed by atoms with Gasteiger partial charge in [-0.05, 0) is 79.2 Å². The van der Waals surface area contributed by atoms with E-state index in [0.29, 0.717) is 21.7 Å². The smallest absolute Gasteiger partial charge is 0.324 e. The summed E-state index contributed by atoms with van der Waals surface area (Å²) >= 11 is 10.5. The third kappa shape index (κ3) is 9.22. The van der Waals surface area contributed by atoms with E-state index < -0.39 is 34.7 Å². The van der Waals surface area contributed by atoms with Crippen molar-refractivity contribution in [3.63, 3.8) is 0 Å². The Hall–Kier alpha value is -4.06. The number of rotatable bonds is 9. The van der Waals surface area contributed by atoms with Crippen LogP contribution in [0.3, 0.4) is 0 Å². The van der Waals surface area contributed by atoms with Gasteiger partial charge in [0.1, 0.15) is 5.70 Å². The zero-order chi connectivity index (χ0) is 31.9. The van der Waals surface area contributed by atoms with E-state index in [0.717, 1.165) is 34.4 Å². The van der Waals surface area contributed by atoms with Gasteiger partial charge < -0.3 is 16.0 Å². The number of hydrogen-bond acceptors (Lipinski definition) is 4. The standard InChI is InChI=1S/C32H24BrClF3N3O3S/c1-19(29(41)39-27-17-22(32(35,36)37)12-15-26(27)34)44-25-9-5-8-24(18-25)38-31(43)28(16-20-10-13-23(33)14-11-20)40-30(42)21-6-3-2-4-7-21/h2-19H,1H3,(H,38,43)(H,39,41)(H,40,42)/b28-16-. The third-order valence-electron chi connectivity index (χ3n) is 6.04. The molecular formula is C32H24BrClF3N3O3S. The number of amides is 3. The van der Waals surface area contributed by atoms with E-state index in [2.05, 4.69) is 31.9 Å². The minimum atomic E-state index is -4.59. The number of carbonyl (C=O) groups is 3. The van der Waals surface area contributed by atoms with E-state index >= 15 is 0 Å². The van der Waals surface area contributed by atoms with Crippen molar-refractivity contribution in [2.45, 2.75) is 23.2 Å².